The first-order valence-corrected chi connectivity index (χ1v) is 13.3. The van der Waals surface area contributed by atoms with E-state index in [-0.39, 0.29) is 17.1 Å². The monoisotopic (exact) mass is 511 g/mol. The third-order valence-electron chi connectivity index (χ3n) is 7.52. The van der Waals surface area contributed by atoms with Crippen LogP contribution in [0.3, 0.4) is 0 Å². The molecule has 39 heavy (non-hydrogen) atoms. The number of carbonyl (C=O) groups excluding carboxylic acids is 2. The number of imidazole rings is 1. The zero-order valence-electron chi connectivity index (χ0n) is 22.3. The minimum Gasteiger partial charge on any atom is -0.326 e. The second-order valence-electron chi connectivity index (χ2n) is 9.81. The second kappa shape index (κ2) is 9.84. The van der Waals surface area contributed by atoms with E-state index in [1.807, 2.05) is 107 Å². The predicted octanol–water partition coefficient (Wildman–Crippen LogP) is 7.12. The Balaban J connectivity index is 1.49. The smallest absolute Gasteiger partial charge is 0.197 e. The van der Waals surface area contributed by atoms with Crippen molar-refractivity contribution >= 4 is 41.0 Å². The average molecular weight is 512 g/mol. The molecule has 0 fully saturated rings. The van der Waals surface area contributed by atoms with E-state index in [4.69, 9.17) is 4.98 Å². The van der Waals surface area contributed by atoms with Gasteiger partial charge >= 0.3 is 0 Å². The molecule has 5 nitrogen and oxygen atoms in total. The molecule has 0 aliphatic heterocycles. The first kappa shape index (κ1) is 24.6. The average Bonchev–Trinajstić information content (AvgIpc) is 3.56. The van der Waals surface area contributed by atoms with Crippen LogP contribution < -0.4 is 0 Å². The molecule has 0 spiro atoms. The molecule has 0 unspecified atom stereocenters. The van der Waals surface area contributed by atoms with Crippen molar-refractivity contribution in [1.29, 1.82) is 0 Å². The normalized spacial score (nSPS) is 13.2. The molecule has 0 amide bonds. The summed E-state index contributed by atoms with van der Waals surface area (Å²) in [7, 11) is 1.98. The third-order valence-corrected chi connectivity index (χ3v) is 7.52. The molecule has 0 saturated carbocycles. The van der Waals surface area contributed by atoms with Crippen molar-refractivity contribution in [2.45, 2.75) is 26.7 Å². The van der Waals surface area contributed by atoms with Crippen LogP contribution >= 0.6 is 0 Å². The number of aromatic nitrogens is 3. The zero-order valence-corrected chi connectivity index (χ0v) is 22.3. The topological polar surface area (TPSA) is 56.9 Å². The summed E-state index contributed by atoms with van der Waals surface area (Å²) in [5, 5.41) is 0. The standard InChI is InChI=1S/C34H29N3O2/c1-4-23-18-27-28(19-24(23)5-2)33(39)29(32(27)38)20-26-21-30-34(37(26)25-14-10-7-11-15-25)35-31(36(30)3)17-16-22-12-8-6-9-13-22/h6-21H,4-5H2,1-3H3/b17-16+. The molecule has 1 aliphatic carbocycles. The molecule has 6 rings (SSSR count). The van der Waals surface area contributed by atoms with Crippen molar-refractivity contribution < 1.29 is 9.59 Å². The Bertz CT molecular complexity index is 1760. The van der Waals surface area contributed by atoms with E-state index in [1.165, 1.54) is 0 Å². The fourth-order valence-electron chi connectivity index (χ4n) is 5.40. The van der Waals surface area contributed by atoms with Crippen LogP contribution in [0.4, 0.5) is 0 Å². The number of hydrogen-bond acceptors (Lipinski definition) is 3. The highest BCUT2D eigenvalue weighted by atomic mass is 16.2. The lowest BCUT2D eigenvalue weighted by atomic mass is 9.96. The number of benzene rings is 3. The molecule has 2 heterocycles. The number of rotatable bonds is 6. The molecule has 0 N–H and O–H groups in total. The van der Waals surface area contributed by atoms with Crippen LogP contribution in [0.2, 0.25) is 0 Å². The van der Waals surface area contributed by atoms with Gasteiger partial charge in [0.25, 0.3) is 0 Å². The largest absolute Gasteiger partial charge is 0.326 e. The molecule has 0 saturated heterocycles. The first-order chi connectivity index (χ1) is 19.0. The Hall–Kier alpha value is -4.77. The summed E-state index contributed by atoms with van der Waals surface area (Å²) in [5.74, 6) is 0.390. The molecule has 0 bridgehead atoms. The number of ketones is 2. The van der Waals surface area contributed by atoms with Gasteiger partial charge in [-0.3, -0.25) is 14.2 Å². The number of aryl methyl sites for hydroxylation is 3. The van der Waals surface area contributed by atoms with Gasteiger partial charge in [-0.1, -0.05) is 68.5 Å². The van der Waals surface area contributed by atoms with E-state index in [0.29, 0.717) is 11.1 Å². The van der Waals surface area contributed by atoms with Gasteiger partial charge in [-0.15, -0.1) is 0 Å². The van der Waals surface area contributed by atoms with Crippen LogP contribution in [-0.2, 0) is 19.9 Å². The third kappa shape index (κ3) is 4.16. The van der Waals surface area contributed by atoms with E-state index in [0.717, 1.165) is 57.9 Å². The van der Waals surface area contributed by atoms with Crippen LogP contribution in [-0.4, -0.2) is 25.7 Å². The molecular weight excluding hydrogens is 482 g/mol. The summed E-state index contributed by atoms with van der Waals surface area (Å²) in [6.45, 7) is 4.15. The number of carbonyl (C=O) groups is 2. The molecule has 1 aliphatic rings. The number of hydrogen-bond donors (Lipinski definition) is 0. The van der Waals surface area contributed by atoms with Gasteiger partial charge in [-0.25, -0.2) is 4.98 Å². The molecule has 3 aromatic carbocycles. The van der Waals surface area contributed by atoms with Crippen molar-refractivity contribution in [1.82, 2.24) is 14.1 Å². The van der Waals surface area contributed by atoms with Crippen LogP contribution in [0, 0.1) is 0 Å². The quantitative estimate of drug-likeness (QED) is 0.180. The lowest BCUT2D eigenvalue weighted by molar-refractivity contribution is 0.0990. The van der Waals surface area contributed by atoms with E-state index in [2.05, 4.69) is 13.8 Å². The van der Waals surface area contributed by atoms with Crippen molar-refractivity contribution in [3.05, 3.63) is 124 Å². The maximum Gasteiger partial charge on any atom is 0.197 e. The van der Waals surface area contributed by atoms with Crippen molar-refractivity contribution in [2.75, 3.05) is 0 Å². The van der Waals surface area contributed by atoms with E-state index < -0.39 is 0 Å². The van der Waals surface area contributed by atoms with Crippen LogP contribution in [0.15, 0.2) is 84.4 Å². The van der Waals surface area contributed by atoms with Gasteiger partial charge in [0.1, 0.15) is 5.82 Å². The van der Waals surface area contributed by atoms with Gasteiger partial charge in [0, 0.05) is 23.9 Å². The van der Waals surface area contributed by atoms with E-state index >= 15 is 0 Å². The van der Waals surface area contributed by atoms with Crippen molar-refractivity contribution in [3.63, 3.8) is 0 Å². The maximum atomic E-state index is 13.5. The highest BCUT2D eigenvalue weighted by molar-refractivity contribution is 6.41. The van der Waals surface area contributed by atoms with Gasteiger partial charge in [-0.2, -0.15) is 0 Å². The summed E-state index contributed by atoms with van der Waals surface area (Å²) in [5.41, 5.74) is 7.88. The van der Waals surface area contributed by atoms with Crippen molar-refractivity contribution in [2.24, 2.45) is 7.05 Å². The summed E-state index contributed by atoms with van der Waals surface area (Å²) in [6, 6.07) is 25.8. The lowest BCUT2D eigenvalue weighted by Crippen LogP contribution is -2.03. The minimum atomic E-state index is -0.211. The Morgan fingerprint density at radius 1 is 0.769 bits per heavy atom. The highest BCUT2D eigenvalue weighted by Crippen LogP contribution is 2.33. The van der Waals surface area contributed by atoms with Crippen LogP contribution in [0.1, 0.15) is 62.8 Å². The summed E-state index contributed by atoms with van der Waals surface area (Å²) in [6.07, 6.45) is 7.42. The second-order valence-corrected chi connectivity index (χ2v) is 9.81. The number of Topliss-reactive ketones (excluding diaryl/α,β-unsaturated/α-hetero) is 2. The fourth-order valence-corrected chi connectivity index (χ4v) is 5.40. The Morgan fingerprint density at radius 2 is 1.36 bits per heavy atom. The molecular formula is C34H29N3O2. The number of nitrogens with zero attached hydrogens (tertiary/aromatic N) is 3. The number of fused-ring (bicyclic) bond motifs is 2. The predicted molar refractivity (Wildman–Crippen MR) is 157 cm³/mol. The first-order valence-electron chi connectivity index (χ1n) is 13.3. The van der Waals surface area contributed by atoms with E-state index in [9.17, 15) is 9.59 Å². The van der Waals surface area contributed by atoms with Gasteiger partial charge in [0.2, 0.25) is 0 Å². The minimum absolute atomic E-state index is 0.199. The molecule has 5 heteroatoms. The molecule has 0 atom stereocenters. The number of para-hydroxylation sites is 1. The molecule has 2 aromatic heterocycles. The molecule has 0 radical (unpaired) electrons. The SMILES string of the molecule is CCc1cc2c(cc1CC)C(=O)C(=Cc1cc3c(nc(/C=C/c4ccccc4)n3C)n1-c1ccccc1)C2=O. The van der Waals surface area contributed by atoms with Crippen LogP contribution in [0.25, 0.3) is 35.1 Å². The molecule has 5 aromatic rings. The van der Waals surface area contributed by atoms with Crippen LogP contribution in [0.5, 0.6) is 0 Å². The molecule has 192 valence electrons. The van der Waals surface area contributed by atoms with Gasteiger partial charge in [0.05, 0.1) is 16.8 Å². The van der Waals surface area contributed by atoms with E-state index in [1.54, 1.807) is 6.08 Å². The Labute approximate surface area is 227 Å². The van der Waals surface area contributed by atoms with Gasteiger partial charge < -0.3 is 4.57 Å². The van der Waals surface area contributed by atoms with Gasteiger partial charge in [0.15, 0.2) is 17.2 Å². The fraction of sp³-hybridized carbons (Fsp3) is 0.147. The zero-order chi connectivity index (χ0) is 27.1. The Morgan fingerprint density at radius 3 is 1.95 bits per heavy atom. The highest BCUT2D eigenvalue weighted by Gasteiger charge is 2.34. The lowest BCUT2D eigenvalue weighted by Gasteiger charge is -2.07. The van der Waals surface area contributed by atoms with Crippen molar-refractivity contribution in [3.8, 4) is 5.69 Å². The maximum absolute atomic E-state index is 13.5. The van der Waals surface area contributed by atoms with Gasteiger partial charge in [-0.05, 0) is 72.0 Å². The summed E-state index contributed by atoms with van der Waals surface area (Å²) in [4.78, 5) is 31.9. The summed E-state index contributed by atoms with van der Waals surface area (Å²) < 4.78 is 4.05. The Kier molecular flexibility index (Phi) is 6.20. The number of allylic oxidation sites excluding steroid dienone is 1. The summed E-state index contributed by atoms with van der Waals surface area (Å²) >= 11 is 0.